The highest BCUT2D eigenvalue weighted by Gasteiger charge is 2.04. The number of rotatable bonds is 5. The molecule has 102 valence electrons. The fraction of sp³-hybridized carbons (Fsp3) is 0.133. The maximum atomic E-state index is 10.4. The van der Waals surface area contributed by atoms with Crippen LogP contribution < -0.4 is 4.74 Å². The van der Waals surface area contributed by atoms with Gasteiger partial charge < -0.3 is 9.84 Å². The lowest BCUT2D eigenvalue weighted by molar-refractivity contribution is -0.131. The van der Waals surface area contributed by atoms with Crippen molar-refractivity contribution >= 4 is 12.0 Å². The summed E-state index contributed by atoms with van der Waals surface area (Å²) >= 11 is 0. The molecular formula is C15H14N2O3. The minimum atomic E-state index is -1.01. The second-order valence-corrected chi connectivity index (χ2v) is 4.03. The van der Waals surface area contributed by atoms with Gasteiger partial charge in [0.15, 0.2) is 0 Å². The number of hydrogen-bond acceptors (Lipinski definition) is 4. The van der Waals surface area contributed by atoms with E-state index in [9.17, 15) is 4.79 Å². The Morgan fingerprint density at radius 2 is 2.00 bits per heavy atom. The summed E-state index contributed by atoms with van der Waals surface area (Å²) < 4.78 is 5.62. The Kier molecular flexibility index (Phi) is 4.44. The average molecular weight is 270 g/mol. The second-order valence-electron chi connectivity index (χ2n) is 4.03. The molecule has 0 unspecified atom stereocenters. The van der Waals surface area contributed by atoms with Gasteiger partial charge in [0, 0.05) is 24.0 Å². The fourth-order valence-corrected chi connectivity index (χ4v) is 1.63. The van der Waals surface area contributed by atoms with Gasteiger partial charge in [-0.05, 0) is 24.1 Å². The first-order chi connectivity index (χ1) is 9.69. The van der Waals surface area contributed by atoms with E-state index >= 15 is 0 Å². The largest absolute Gasteiger partial charge is 0.478 e. The SMILES string of the molecule is CCc1ccccc1Oc1ncc(/C=C/C(=O)O)cn1. The van der Waals surface area contributed by atoms with E-state index < -0.39 is 5.97 Å². The summed E-state index contributed by atoms with van der Waals surface area (Å²) in [6.45, 7) is 2.04. The smallest absolute Gasteiger partial charge is 0.328 e. The summed E-state index contributed by atoms with van der Waals surface area (Å²) in [7, 11) is 0. The van der Waals surface area contributed by atoms with Crippen LogP contribution in [0.2, 0.25) is 0 Å². The lowest BCUT2D eigenvalue weighted by Crippen LogP contribution is -1.95. The molecule has 20 heavy (non-hydrogen) atoms. The predicted octanol–water partition coefficient (Wildman–Crippen LogP) is 2.93. The molecule has 0 aliphatic rings. The van der Waals surface area contributed by atoms with Gasteiger partial charge in [0.05, 0.1) is 0 Å². The quantitative estimate of drug-likeness (QED) is 0.846. The van der Waals surface area contributed by atoms with Gasteiger partial charge >= 0.3 is 12.0 Å². The molecule has 0 aliphatic carbocycles. The monoisotopic (exact) mass is 270 g/mol. The Labute approximate surface area is 116 Å². The first-order valence-corrected chi connectivity index (χ1v) is 6.18. The second kappa shape index (κ2) is 6.47. The van der Waals surface area contributed by atoms with E-state index in [1.54, 1.807) is 0 Å². The molecule has 0 radical (unpaired) electrons. The van der Waals surface area contributed by atoms with Crippen LogP contribution in [0.1, 0.15) is 18.1 Å². The lowest BCUT2D eigenvalue weighted by atomic mass is 10.1. The first kappa shape index (κ1) is 13.7. The van der Waals surface area contributed by atoms with E-state index in [2.05, 4.69) is 9.97 Å². The Morgan fingerprint density at radius 1 is 1.30 bits per heavy atom. The van der Waals surface area contributed by atoms with Gasteiger partial charge in [-0.2, -0.15) is 0 Å². The lowest BCUT2D eigenvalue weighted by Gasteiger charge is -2.07. The summed E-state index contributed by atoms with van der Waals surface area (Å²) in [5.41, 5.74) is 1.68. The van der Waals surface area contributed by atoms with Crippen molar-refractivity contribution in [3.8, 4) is 11.8 Å². The summed E-state index contributed by atoms with van der Waals surface area (Å²) in [5, 5.41) is 8.53. The van der Waals surface area contributed by atoms with Crippen molar-refractivity contribution in [1.29, 1.82) is 0 Å². The summed E-state index contributed by atoms with van der Waals surface area (Å²) in [6, 6.07) is 7.92. The molecule has 0 spiro atoms. The number of para-hydroxylation sites is 1. The van der Waals surface area contributed by atoms with E-state index in [1.807, 2.05) is 31.2 Å². The van der Waals surface area contributed by atoms with Crippen LogP contribution >= 0.6 is 0 Å². The van der Waals surface area contributed by atoms with Gasteiger partial charge in [-0.25, -0.2) is 14.8 Å². The molecule has 5 nitrogen and oxygen atoms in total. The third kappa shape index (κ3) is 3.65. The van der Waals surface area contributed by atoms with Crippen molar-refractivity contribution in [2.45, 2.75) is 13.3 Å². The van der Waals surface area contributed by atoms with E-state index in [4.69, 9.17) is 9.84 Å². The number of carboxylic acids is 1. The zero-order chi connectivity index (χ0) is 14.4. The standard InChI is InChI=1S/C15H14N2O3/c1-2-12-5-3-4-6-13(12)20-15-16-9-11(10-17-15)7-8-14(18)19/h3-10H,2H2,1H3,(H,18,19)/b8-7+. The van der Waals surface area contributed by atoms with Crippen molar-refractivity contribution in [2.24, 2.45) is 0 Å². The number of nitrogens with zero attached hydrogens (tertiary/aromatic N) is 2. The Hall–Kier alpha value is -2.69. The molecule has 0 saturated heterocycles. The predicted molar refractivity (Wildman–Crippen MR) is 74.6 cm³/mol. The highest BCUT2D eigenvalue weighted by atomic mass is 16.5. The molecule has 1 aromatic heterocycles. The van der Waals surface area contributed by atoms with Gasteiger partial charge in [-0.15, -0.1) is 0 Å². The summed E-state index contributed by atoms with van der Waals surface area (Å²) in [5.74, 6) is -0.286. The number of benzene rings is 1. The van der Waals surface area contributed by atoms with Crippen LogP contribution in [0.3, 0.4) is 0 Å². The Morgan fingerprint density at radius 3 is 2.65 bits per heavy atom. The van der Waals surface area contributed by atoms with Gasteiger partial charge in [0.1, 0.15) is 5.75 Å². The van der Waals surface area contributed by atoms with Crippen molar-refractivity contribution in [2.75, 3.05) is 0 Å². The highest BCUT2D eigenvalue weighted by molar-refractivity contribution is 5.85. The molecule has 0 saturated carbocycles. The number of aryl methyl sites for hydroxylation is 1. The normalized spacial score (nSPS) is 10.7. The van der Waals surface area contributed by atoms with Crippen LogP contribution in [0, 0.1) is 0 Å². The highest BCUT2D eigenvalue weighted by Crippen LogP contribution is 2.22. The summed E-state index contributed by atoms with van der Waals surface area (Å²) in [6.07, 6.45) is 6.33. The minimum Gasteiger partial charge on any atom is -0.478 e. The number of hydrogen-bond donors (Lipinski definition) is 1. The van der Waals surface area contributed by atoms with Crippen LogP contribution in [0.15, 0.2) is 42.7 Å². The third-order valence-electron chi connectivity index (χ3n) is 2.62. The van der Waals surface area contributed by atoms with Crippen molar-refractivity contribution < 1.29 is 14.6 Å². The summed E-state index contributed by atoms with van der Waals surface area (Å²) in [4.78, 5) is 18.5. The van der Waals surface area contributed by atoms with Crippen molar-refractivity contribution in [3.05, 3.63) is 53.9 Å². The molecular weight excluding hydrogens is 256 g/mol. The van der Waals surface area contributed by atoms with Gasteiger partial charge in [0.25, 0.3) is 0 Å². The topological polar surface area (TPSA) is 72.3 Å². The maximum absolute atomic E-state index is 10.4. The molecule has 2 aromatic rings. The van der Waals surface area contributed by atoms with Gasteiger partial charge in [0.2, 0.25) is 0 Å². The molecule has 1 aromatic carbocycles. The number of carboxylic acid groups (broad SMARTS) is 1. The first-order valence-electron chi connectivity index (χ1n) is 6.18. The number of aromatic nitrogens is 2. The number of carbonyl (C=O) groups is 1. The zero-order valence-corrected chi connectivity index (χ0v) is 11.0. The Bertz CT molecular complexity index is 621. The van der Waals surface area contributed by atoms with Crippen LogP contribution in [0.5, 0.6) is 11.8 Å². The minimum absolute atomic E-state index is 0.235. The van der Waals surface area contributed by atoms with Crippen LogP contribution in [0.25, 0.3) is 6.08 Å². The van der Waals surface area contributed by atoms with Gasteiger partial charge in [-0.1, -0.05) is 25.1 Å². The van der Waals surface area contributed by atoms with Crippen molar-refractivity contribution in [1.82, 2.24) is 9.97 Å². The Balaban J connectivity index is 2.13. The van der Waals surface area contributed by atoms with Crippen LogP contribution in [-0.4, -0.2) is 21.0 Å². The fourth-order valence-electron chi connectivity index (χ4n) is 1.63. The van der Waals surface area contributed by atoms with E-state index in [-0.39, 0.29) is 6.01 Å². The number of aliphatic carboxylic acids is 1. The number of ether oxygens (including phenoxy) is 1. The van der Waals surface area contributed by atoms with Crippen LogP contribution in [-0.2, 0) is 11.2 Å². The molecule has 0 atom stereocenters. The molecule has 1 N–H and O–H groups in total. The molecule has 0 bridgehead atoms. The van der Waals surface area contributed by atoms with Crippen LogP contribution in [0.4, 0.5) is 0 Å². The van der Waals surface area contributed by atoms with E-state index in [1.165, 1.54) is 18.5 Å². The zero-order valence-electron chi connectivity index (χ0n) is 11.0. The molecule has 0 fully saturated rings. The van der Waals surface area contributed by atoms with Gasteiger partial charge in [-0.3, -0.25) is 0 Å². The molecule has 1 heterocycles. The molecule has 5 heteroatoms. The third-order valence-corrected chi connectivity index (χ3v) is 2.62. The molecule has 2 rings (SSSR count). The van der Waals surface area contributed by atoms with E-state index in [0.717, 1.165) is 23.8 Å². The van der Waals surface area contributed by atoms with Crippen molar-refractivity contribution in [3.63, 3.8) is 0 Å². The molecule has 0 amide bonds. The maximum Gasteiger partial charge on any atom is 0.328 e. The molecule has 0 aliphatic heterocycles. The van der Waals surface area contributed by atoms with E-state index in [0.29, 0.717) is 5.56 Å². The average Bonchev–Trinajstić information content (AvgIpc) is 2.47.